The average molecular weight is 960 g/mol. The predicted molar refractivity (Wildman–Crippen MR) is 263 cm³/mol. The van der Waals surface area contributed by atoms with E-state index in [2.05, 4.69) is 19.2 Å². The number of aliphatic hydroxyl groups is 8. The first-order valence-electron chi connectivity index (χ1n) is 27.4. The third-order valence-corrected chi connectivity index (χ3v) is 13.7. The lowest BCUT2D eigenvalue weighted by Gasteiger charge is -2.46. The van der Waals surface area contributed by atoms with Crippen LogP contribution in [0.25, 0.3) is 0 Å². The summed E-state index contributed by atoms with van der Waals surface area (Å²) in [7, 11) is 0. The number of hydrogen-bond donors (Lipinski definition) is 9. The van der Waals surface area contributed by atoms with Crippen LogP contribution in [0.1, 0.15) is 226 Å². The molecule has 0 spiro atoms. The molecule has 2 heterocycles. The van der Waals surface area contributed by atoms with Crippen LogP contribution in [0, 0.1) is 0 Å². The molecule has 2 saturated heterocycles. The lowest BCUT2D eigenvalue weighted by molar-refractivity contribution is -0.359. The van der Waals surface area contributed by atoms with E-state index >= 15 is 0 Å². The Hall–Kier alpha value is -1.27. The van der Waals surface area contributed by atoms with E-state index in [1.165, 1.54) is 161 Å². The highest BCUT2D eigenvalue weighted by Crippen LogP contribution is 2.30. The van der Waals surface area contributed by atoms with Crippen molar-refractivity contribution < 1.29 is 64.6 Å². The first kappa shape index (κ1) is 61.8. The van der Waals surface area contributed by atoms with Crippen LogP contribution >= 0.6 is 0 Å². The minimum atomic E-state index is -1.78. The lowest BCUT2D eigenvalue weighted by atomic mass is 9.97. The zero-order valence-corrected chi connectivity index (χ0v) is 42.2. The van der Waals surface area contributed by atoms with Gasteiger partial charge in [-0.1, -0.05) is 212 Å². The Kier molecular flexibility index (Phi) is 37.2. The van der Waals surface area contributed by atoms with Crippen LogP contribution in [0.4, 0.5) is 0 Å². The van der Waals surface area contributed by atoms with E-state index in [0.29, 0.717) is 6.42 Å². The van der Waals surface area contributed by atoms with Crippen molar-refractivity contribution in [3.05, 3.63) is 12.2 Å². The highest BCUT2D eigenvalue weighted by Gasteiger charge is 2.51. The van der Waals surface area contributed by atoms with Crippen molar-refractivity contribution in [2.45, 2.75) is 299 Å². The minimum absolute atomic E-state index is 0.237. The normalized spacial score (nSPS) is 26.6. The van der Waals surface area contributed by atoms with Crippen molar-refractivity contribution in [3.63, 3.8) is 0 Å². The number of ether oxygens (including phenoxy) is 4. The molecule has 0 radical (unpaired) electrons. The number of rotatable bonds is 43. The van der Waals surface area contributed by atoms with Gasteiger partial charge in [-0.05, 0) is 19.3 Å². The third-order valence-electron chi connectivity index (χ3n) is 13.7. The summed E-state index contributed by atoms with van der Waals surface area (Å²) < 4.78 is 22.7. The maximum absolute atomic E-state index is 13.2. The first-order chi connectivity index (χ1) is 32.6. The molecular weight excluding hydrogens is 859 g/mol. The molecular formula is C53H101NO13. The van der Waals surface area contributed by atoms with Gasteiger partial charge in [-0.15, -0.1) is 0 Å². The number of carbonyl (C=O) groups excluding carboxylic acids is 1. The van der Waals surface area contributed by atoms with Crippen LogP contribution in [0.3, 0.4) is 0 Å². The number of allylic oxidation sites excluding steroid dienone is 1. The Bertz CT molecular complexity index is 1180. The van der Waals surface area contributed by atoms with Crippen molar-refractivity contribution in [1.82, 2.24) is 5.32 Å². The van der Waals surface area contributed by atoms with E-state index in [1.54, 1.807) is 6.08 Å². The van der Waals surface area contributed by atoms with Gasteiger partial charge in [0.15, 0.2) is 12.6 Å². The quantitative estimate of drug-likeness (QED) is 0.0209. The van der Waals surface area contributed by atoms with Gasteiger partial charge in [0.1, 0.15) is 48.8 Å². The van der Waals surface area contributed by atoms with E-state index in [1.807, 2.05) is 6.08 Å². The van der Waals surface area contributed by atoms with Crippen molar-refractivity contribution >= 4 is 5.91 Å². The molecule has 1 amide bonds. The molecule has 12 atom stereocenters. The fraction of sp³-hybridized carbons (Fsp3) is 0.943. The van der Waals surface area contributed by atoms with E-state index in [-0.39, 0.29) is 18.9 Å². The number of amides is 1. The Morgan fingerprint density at radius 1 is 0.522 bits per heavy atom. The van der Waals surface area contributed by atoms with Crippen LogP contribution in [-0.2, 0) is 23.7 Å². The van der Waals surface area contributed by atoms with E-state index in [4.69, 9.17) is 18.9 Å². The summed E-state index contributed by atoms with van der Waals surface area (Å²) in [5.74, 6) is -0.237. The third kappa shape index (κ3) is 27.2. The molecule has 0 aliphatic carbocycles. The Balaban J connectivity index is 1.73. The largest absolute Gasteiger partial charge is 0.394 e. The molecule has 0 aromatic rings. The second-order valence-electron chi connectivity index (χ2n) is 19.7. The van der Waals surface area contributed by atoms with Gasteiger partial charge in [0.2, 0.25) is 5.91 Å². The summed E-state index contributed by atoms with van der Waals surface area (Å²) in [6.45, 7) is 2.78. The van der Waals surface area contributed by atoms with Gasteiger partial charge in [0.05, 0.1) is 32.0 Å². The van der Waals surface area contributed by atoms with Crippen LogP contribution < -0.4 is 5.32 Å². The minimum Gasteiger partial charge on any atom is -0.394 e. The van der Waals surface area contributed by atoms with Crippen molar-refractivity contribution in [2.75, 3.05) is 19.8 Å². The maximum Gasteiger partial charge on any atom is 0.220 e. The van der Waals surface area contributed by atoms with Crippen molar-refractivity contribution in [1.29, 1.82) is 0 Å². The summed E-state index contributed by atoms with van der Waals surface area (Å²) in [5.41, 5.74) is 0. The zero-order chi connectivity index (χ0) is 48.9. The lowest BCUT2D eigenvalue weighted by Crippen LogP contribution is -2.65. The highest BCUT2D eigenvalue weighted by molar-refractivity contribution is 5.76. The van der Waals surface area contributed by atoms with Gasteiger partial charge in [-0.3, -0.25) is 4.79 Å². The molecule has 2 aliphatic rings. The first-order valence-corrected chi connectivity index (χ1v) is 27.4. The van der Waals surface area contributed by atoms with E-state index in [9.17, 15) is 45.6 Å². The monoisotopic (exact) mass is 960 g/mol. The molecule has 2 fully saturated rings. The topological polar surface area (TPSA) is 228 Å². The molecule has 0 aromatic carbocycles. The molecule has 0 aromatic heterocycles. The van der Waals surface area contributed by atoms with E-state index < -0.39 is 86.8 Å². The van der Waals surface area contributed by atoms with Gasteiger partial charge in [-0.25, -0.2) is 0 Å². The summed E-state index contributed by atoms with van der Waals surface area (Å²) >= 11 is 0. The number of nitrogens with one attached hydrogen (secondary N) is 1. The number of aliphatic hydroxyl groups excluding tert-OH is 8. The van der Waals surface area contributed by atoms with Gasteiger partial charge >= 0.3 is 0 Å². The maximum atomic E-state index is 13.2. The molecule has 2 rings (SSSR count). The Morgan fingerprint density at radius 3 is 1.37 bits per heavy atom. The average Bonchev–Trinajstić information content (AvgIpc) is 3.32. The van der Waals surface area contributed by atoms with Gasteiger partial charge < -0.3 is 65.1 Å². The standard InChI is InChI=1S/C53H101NO13/c1-3-5-7-9-11-13-15-16-17-18-19-20-21-22-23-24-25-26-27-29-31-33-35-37-45(58)54-41(42(57)36-34-32-30-28-14-12-10-8-6-4-2)40-64-52-50(63)48(61)51(44(39-56)66-52)67-53-49(62)47(60)46(59)43(38-55)65-53/h34,36,41-44,46-53,55-57,59-63H,3-33,35,37-40H2,1-2H3,(H,54,58)/b36-34+/t41-,42+,43+,44+,46-,47?,48?,49?,50?,51+,52+,53-/m0/s1. The number of unbranched alkanes of at least 4 members (excludes halogenated alkanes) is 30. The zero-order valence-electron chi connectivity index (χ0n) is 42.2. The van der Waals surface area contributed by atoms with Crippen molar-refractivity contribution in [3.8, 4) is 0 Å². The Morgan fingerprint density at radius 2 is 0.925 bits per heavy atom. The van der Waals surface area contributed by atoms with Gasteiger partial charge in [-0.2, -0.15) is 0 Å². The van der Waals surface area contributed by atoms with Crippen LogP contribution in [0.15, 0.2) is 12.2 Å². The second kappa shape index (κ2) is 40.3. The number of hydrogen-bond acceptors (Lipinski definition) is 13. The van der Waals surface area contributed by atoms with Gasteiger partial charge in [0, 0.05) is 6.42 Å². The van der Waals surface area contributed by atoms with Crippen LogP contribution in [0.2, 0.25) is 0 Å². The van der Waals surface area contributed by atoms with Gasteiger partial charge in [0.25, 0.3) is 0 Å². The molecule has 67 heavy (non-hydrogen) atoms. The smallest absolute Gasteiger partial charge is 0.220 e. The molecule has 14 nitrogen and oxygen atoms in total. The molecule has 9 N–H and O–H groups in total. The summed E-state index contributed by atoms with van der Waals surface area (Å²) in [6, 6.07) is -0.907. The predicted octanol–water partition coefficient (Wildman–Crippen LogP) is 7.94. The van der Waals surface area contributed by atoms with E-state index in [0.717, 1.165) is 38.5 Å². The molecule has 396 valence electrons. The summed E-state index contributed by atoms with van der Waals surface area (Å²) in [5, 5.41) is 86.7. The molecule has 0 saturated carbocycles. The number of carbonyl (C=O) groups is 1. The fourth-order valence-corrected chi connectivity index (χ4v) is 9.23. The summed E-state index contributed by atoms with van der Waals surface area (Å²) in [4.78, 5) is 13.2. The molecule has 4 unspecified atom stereocenters. The van der Waals surface area contributed by atoms with Crippen LogP contribution in [0.5, 0.6) is 0 Å². The van der Waals surface area contributed by atoms with Crippen molar-refractivity contribution in [2.24, 2.45) is 0 Å². The second-order valence-corrected chi connectivity index (χ2v) is 19.7. The molecule has 2 aliphatic heterocycles. The SMILES string of the molecule is CCCCCCCCCC/C=C/[C@@H](O)[C@H](CO[C@@H]1O[C@H](CO)[C@@H](O[C@@H]2O[C@H](CO)[C@H](O)C(O)C2O)C(O)C1O)NC(=O)CCCCCCCCCCCCCCCCCCCCCCCCC. The Labute approximate surface area is 406 Å². The molecule has 14 heteroatoms. The highest BCUT2D eigenvalue weighted by atomic mass is 16.7. The summed E-state index contributed by atoms with van der Waals surface area (Å²) in [6.07, 6.45) is 27.0. The molecule has 0 bridgehead atoms. The fourth-order valence-electron chi connectivity index (χ4n) is 9.23. The van der Waals surface area contributed by atoms with Crippen LogP contribution in [-0.4, -0.2) is 140 Å².